The predicted molar refractivity (Wildman–Crippen MR) is 102 cm³/mol. The van der Waals surface area contributed by atoms with E-state index in [-0.39, 0.29) is 47.3 Å². The Kier molecular flexibility index (Phi) is 4.54. The lowest BCUT2D eigenvalue weighted by Gasteiger charge is -2.54. The van der Waals surface area contributed by atoms with Crippen molar-refractivity contribution in [3.8, 4) is 0 Å². The first-order valence-corrected chi connectivity index (χ1v) is 12.1. The average Bonchev–Trinajstić information content (AvgIpc) is 3.07. The molecule has 4 aliphatic rings. The van der Waals surface area contributed by atoms with E-state index in [9.17, 15) is 13.2 Å². The van der Waals surface area contributed by atoms with Gasteiger partial charge in [-0.25, -0.2) is 0 Å². The standard InChI is InChI=1S/C21H32O5S/c1-13-5-6-16-15(12-25-27(4,23)24)17(8-10-20(13,16)2)21(3)9-7-14-11-18(21)19(22)26-14/h14-18H,1,5-12H2,2-4H3/t14?,15-,16-,17-,18+,20+,21+/m0/s1. The molecule has 0 amide bonds. The van der Waals surface area contributed by atoms with Crippen molar-refractivity contribution < 1.29 is 22.1 Å². The lowest BCUT2D eigenvalue weighted by Crippen LogP contribution is -2.51. The molecule has 4 rings (SSSR count). The second-order valence-corrected chi connectivity index (χ2v) is 11.5. The molecule has 1 heterocycles. The van der Waals surface area contributed by atoms with Crippen molar-refractivity contribution in [1.29, 1.82) is 0 Å². The highest BCUT2D eigenvalue weighted by Crippen LogP contribution is 2.64. The summed E-state index contributed by atoms with van der Waals surface area (Å²) >= 11 is 0. The number of ether oxygens (including phenoxy) is 1. The van der Waals surface area contributed by atoms with E-state index in [1.165, 1.54) is 5.57 Å². The molecule has 5 nitrogen and oxygen atoms in total. The molecule has 4 fully saturated rings. The van der Waals surface area contributed by atoms with Crippen LogP contribution < -0.4 is 0 Å². The van der Waals surface area contributed by atoms with E-state index in [0.717, 1.165) is 51.2 Å². The SMILES string of the molecule is C=C1CC[C@H]2[C@H](COS(C)(=O)=O)[C@@H]([C@@]3(C)CCC4C[C@@H]3C(=O)O4)CC[C@]12C. The zero-order valence-electron chi connectivity index (χ0n) is 16.7. The third-order valence-electron chi connectivity index (χ3n) is 8.58. The van der Waals surface area contributed by atoms with Crippen LogP contribution in [0.5, 0.6) is 0 Å². The van der Waals surface area contributed by atoms with E-state index in [1.807, 2.05) is 0 Å². The smallest absolute Gasteiger partial charge is 0.309 e. The fourth-order valence-electron chi connectivity index (χ4n) is 6.91. The van der Waals surface area contributed by atoms with Gasteiger partial charge in [-0.15, -0.1) is 0 Å². The van der Waals surface area contributed by atoms with Gasteiger partial charge in [0, 0.05) is 0 Å². The first-order valence-electron chi connectivity index (χ1n) is 10.3. The first-order chi connectivity index (χ1) is 12.5. The number of allylic oxidation sites excluding steroid dienone is 1. The highest BCUT2D eigenvalue weighted by Gasteiger charge is 2.60. The Balaban J connectivity index is 1.68. The number of hydrogen-bond donors (Lipinski definition) is 0. The van der Waals surface area contributed by atoms with E-state index < -0.39 is 10.1 Å². The lowest BCUT2D eigenvalue weighted by molar-refractivity contribution is -0.147. The number of carbonyl (C=O) groups excluding carboxylic acids is 1. The Morgan fingerprint density at radius 1 is 1.19 bits per heavy atom. The molecular weight excluding hydrogens is 364 g/mol. The summed E-state index contributed by atoms with van der Waals surface area (Å²) in [5.74, 6) is 0.674. The Bertz CT molecular complexity index is 759. The van der Waals surface area contributed by atoms with E-state index in [4.69, 9.17) is 8.92 Å². The van der Waals surface area contributed by atoms with Crippen LogP contribution >= 0.6 is 0 Å². The maximum Gasteiger partial charge on any atom is 0.309 e. The van der Waals surface area contributed by atoms with Crippen LogP contribution in [-0.4, -0.2) is 33.4 Å². The Morgan fingerprint density at radius 2 is 1.93 bits per heavy atom. The van der Waals surface area contributed by atoms with Gasteiger partial charge in [-0.2, -0.15) is 8.42 Å². The highest BCUT2D eigenvalue weighted by molar-refractivity contribution is 7.85. The fourth-order valence-corrected chi connectivity index (χ4v) is 7.31. The summed E-state index contributed by atoms with van der Waals surface area (Å²) in [7, 11) is -3.50. The van der Waals surface area contributed by atoms with Crippen molar-refractivity contribution in [3.63, 3.8) is 0 Å². The molecule has 152 valence electrons. The van der Waals surface area contributed by atoms with Gasteiger partial charge in [0.1, 0.15) is 6.10 Å². The average molecular weight is 397 g/mol. The first kappa shape index (κ1) is 19.4. The summed E-state index contributed by atoms with van der Waals surface area (Å²) in [5, 5.41) is 0. The van der Waals surface area contributed by atoms with E-state index in [1.54, 1.807) is 0 Å². The molecule has 0 aromatic heterocycles. The second-order valence-electron chi connectivity index (χ2n) is 9.86. The number of hydrogen-bond acceptors (Lipinski definition) is 5. The molecule has 6 heteroatoms. The van der Waals surface area contributed by atoms with Crippen LogP contribution in [0.1, 0.15) is 58.8 Å². The molecule has 1 saturated heterocycles. The Labute approximate surface area is 163 Å². The van der Waals surface area contributed by atoms with Crippen LogP contribution in [0.4, 0.5) is 0 Å². The normalized spacial score (nSPS) is 47.0. The molecule has 7 atom stereocenters. The lowest BCUT2D eigenvalue weighted by atomic mass is 9.50. The van der Waals surface area contributed by atoms with Crippen molar-refractivity contribution in [2.24, 2.45) is 34.5 Å². The van der Waals surface area contributed by atoms with Crippen LogP contribution in [0.2, 0.25) is 0 Å². The third kappa shape index (κ3) is 3.07. The van der Waals surface area contributed by atoms with Crippen LogP contribution in [0.25, 0.3) is 0 Å². The van der Waals surface area contributed by atoms with Crippen molar-refractivity contribution in [3.05, 3.63) is 12.2 Å². The van der Waals surface area contributed by atoms with Crippen molar-refractivity contribution in [2.75, 3.05) is 12.9 Å². The maximum atomic E-state index is 12.5. The predicted octanol–water partition coefficient (Wildman–Crippen LogP) is 3.69. The summed E-state index contributed by atoms with van der Waals surface area (Å²) in [6.07, 6.45) is 8.03. The number of carbonyl (C=O) groups is 1. The summed E-state index contributed by atoms with van der Waals surface area (Å²) in [4.78, 5) is 12.5. The van der Waals surface area contributed by atoms with Crippen LogP contribution in [-0.2, 0) is 23.8 Å². The molecular formula is C21H32O5S. The highest BCUT2D eigenvalue weighted by atomic mass is 32.2. The van der Waals surface area contributed by atoms with Gasteiger partial charge >= 0.3 is 5.97 Å². The molecule has 0 spiro atoms. The van der Waals surface area contributed by atoms with Gasteiger partial charge in [-0.3, -0.25) is 8.98 Å². The summed E-state index contributed by atoms with van der Waals surface area (Å²) < 4.78 is 34.4. The van der Waals surface area contributed by atoms with E-state index in [0.29, 0.717) is 5.92 Å². The largest absolute Gasteiger partial charge is 0.462 e. The van der Waals surface area contributed by atoms with Crippen LogP contribution in [0.3, 0.4) is 0 Å². The van der Waals surface area contributed by atoms with Gasteiger partial charge in [0.05, 0.1) is 18.8 Å². The minimum Gasteiger partial charge on any atom is -0.462 e. The van der Waals surface area contributed by atoms with Crippen molar-refractivity contribution in [2.45, 2.75) is 64.9 Å². The summed E-state index contributed by atoms with van der Waals surface area (Å²) in [6, 6.07) is 0. The number of rotatable bonds is 4. The molecule has 3 saturated carbocycles. The minimum absolute atomic E-state index is 0.0491. The molecule has 0 radical (unpaired) electrons. The molecule has 2 bridgehead atoms. The van der Waals surface area contributed by atoms with Gasteiger partial charge in [-0.05, 0) is 73.5 Å². The fraction of sp³-hybridized carbons (Fsp3) is 0.857. The molecule has 0 N–H and O–H groups in total. The zero-order chi connectivity index (χ0) is 19.6. The molecule has 1 unspecified atom stereocenters. The van der Waals surface area contributed by atoms with Crippen molar-refractivity contribution in [1.82, 2.24) is 0 Å². The third-order valence-corrected chi connectivity index (χ3v) is 9.14. The second kappa shape index (κ2) is 6.31. The van der Waals surface area contributed by atoms with E-state index in [2.05, 4.69) is 20.4 Å². The zero-order valence-corrected chi connectivity index (χ0v) is 17.5. The van der Waals surface area contributed by atoms with Gasteiger partial charge in [-0.1, -0.05) is 26.0 Å². The molecule has 0 aromatic rings. The van der Waals surface area contributed by atoms with Gasteiger partial charge in [0.2, 0.25) is 0 Å². The molecule has 1 aliphatic heterocycles. The Morgan fingerprint density at radius 3 is 2.63 bits per heavy atom. The minimum atomic E-state index is -3.50. The quantitative estimate of drug-likeness (QED) is 0.412. The van der Waals surface area contributed by atoms with Crippen LogP contribution in [0, 0.1) is 34.5 Å². The van der Waals surface area contributed by atoms with Gasteiger partial charge < -0.3 is 4.74 Å². The topological polar surface area (TPSA) is 69.7 Å². The van der Waals surface area contributed by atoms with Crippen molar-refractivity contribution >= 4 is 16.1 Å². The Hall–Kier alpha value is -0.880. The summed E-state index contributed by atoms with van der Waals surface area (Å²) in [5.41, 5.74) is 1.22. The van der Waals surface area contributed by atoms with Crippen LogP contribution in [0.15, 0.2) is 12.2 Å². The van der Waals surface area contributed by atoms with Gasteiger partial charge in [0.15, 0.2) is 0 Å². The molecule has 27 heavy (non-hydrogen) atoms. The number of esters is 1. The van der Waals surface area contributed by atoms with Gasteiger partial charge in [0.25, 0.3) is 10.1 Å². The monoisotopic (exact) mass is 396 g/mol. The molecule has 3 aliphatic carbocycles. The number of fused-ring (bicyclic) bond motifs is 3. The summed E-state index contributed by atoms with van der Waals surface area (Å²) in [6.45, 7) is 9.08. The van der Waals surface area contributed by atoms with E-state index >= 15 is 0 Å². The molecule has 0 aromatic carbocycles. The maximum absolute atomic E-state index is 12.5.